The summed E-state index contributed by atoms with van der Waals surface area (Å²) in [4.78, 5) is 0. The van der Waals surface area contributed by atoms with Gasteiger partial charge in [-0.3, -0.25) is 0 Å². The lowest BCUT2D eigenvalue weighted by Gasteiger charge is -2.39. The van der Waals surface area contributed by atoms with Crippen LogP contribution in [0.15, 0.2) is 12.2 Å². The minimum absolute atomic E-state index is 0.243. The molecule has 0 saturated heterocycles. The van der Waals surface area contributed by atoms with Crippen molar-refractivity contribution in [3.05, 3.63) is 12.2 Å². The van der Waals surface area contributed by atoms with Gasteiger partial charge >= 0.3 is 0 Å². The Hall–Kier alpha value is -0.260. The fourth-order valence-corrected chi connectivity index (χ4v) is 0.640. The van der Waals surface area contributed by atoms with E-state index in [4.69, 9.17) is 0 Å². The van der Waals surface area contributed by atoms with Gasteiger partial charge in [-0.1, -0.05) is 46.8 Å². The maximum absolute atomic E-state index is 3.99. The summed E-state index contributed by atoms with van der Waals surface area (Å²) in [6.45, 7) is 17.3. The minimum atomic E-state index is 0.243. The van der Waals surface area contributed by atoms with Crippen molar-refractivity contribution in [3.8, 4) is 0 Å². The predicted octanol–water partition coefficient (Wildman–Crippen LogP) is 3.63. The molecule has 0 aliphatic rings. The molecule has 0 bridgehead atoms. The molecule has 0 fully saturated rings. The van der Waals surface area contributed by atoms with Gasteiger partial charge in [0.05, 0.1) is 0 Å². The van der Waals surface area contributed by atoms with Gasteiger partial charge in [0.25, 0.3) is 0 Å². The summed E-state index contributed by atoms with van der Waals surface area (Å²) in [7, 11) is 0. The number of rotatable bonds is 1. The van der Waals surface area contributed by atoms with Crippen LogP contribution >= 0.6 is 0 Å². The lowest BCUT2D eigenvalue weighted by molar-refractivity contribution is 0.178. The Bertz CT molecular complexity index is 133. The van der Waals surface area contributed by atoms with Crippen molar-refractivity contribution in [2.45, 2.75) is 41.5 Å². The molecule has 0 aromatic rings. The average molecular weight is 140 g/mol. The highest BCUT2D eigenvalue weighted by Gasteiger charge is 2.32. The normalized spacial score (nSPS) is 13.4. The lowest BCUT2D eigenvalue weighted by atomic mass is 9.66. The van der Waals surface area contributed by atoms with Crippen LogP contribution in [0.2, 0.25) is 0 Å². The molecule has 0 aliphatic carbocycles. The Morgan fingerprint density at radius 1 is 1.00 bits per heavy atom. The molecule has 0 nitrogen and oxygen atoms in total. The van der Waals surface area contributed by atoms with Gasteiger partial charge in [0, 0.05) is 0 Å². The number of allylic oxidation sites excluding steroid dienone is 1. The van der Waals surface area contributed by atoms with Crippen LogP contribution < -0.4 is 0 Å². The van der Waals surface area contributed by atoms with Crippen LogP contribution in [0, 0.1) is 10.8 Å². The maximum atomic E-state index is 3.99. The van der Waals surface area contributed by atoms with Gasteiger partial charge in [0.1, 0.15) is 0 Å². The van der Waals surface area contributed by atoms with Crippen molar-refractivity contribution in [1.29, 1.82) is 0 Å². The van der Waals surface area contributed by atoms with Gasteiger partial charge in [0.15, 0.2) is 0 Å². The van der Waals surface area contributed by atoms with E-state index in [1.165, 1.54) is 5.57 Å². The van der Waals surface area contributed by atoms with Crippen molar-refractivity contribution < 1.29 is 0 Å². The molecule has 0 radical (unpaired) electrons. The molecule has 0 spiro atoms. The van der Waals surface area contributed by atoms with E-state index in [0.717, 1.165) is 0 Å². The van der Waals surface area contributed by atoms with Crippen LogP contribution in [0.4, 0.5) is 0 Å². The summed E-state index contributed by atoms with van der Waals surface area (Å²) in [5.74, 6) is 0. The zero-order valence-electron chi connectivity index (χ0n) is 8.21. The van der Waals surface area contributed by atoms with Crippen molar-refractivity contribution in [3.63, 3.8) is 0 Å². The van der Waals surface area contributed by atoms with Crippen LogP contribution in [0.25, 0.3) is 0 Å². The van der Waals surface area contributed by atoms with Gasteiger partial charge in [0.2, 0.25) is 0 Å². The molecule has 0 heteroatoms. The molecule has 0 amide bonds. The van der Waals surface area contributed by atoms with Crippen LogP contribution in [-0.2, 0) is 0 Å². The maximum Gasteiger partial charge on any atom is -0.0102 e. The highest BCUT2D eigenvalue weighted by atomic mass is 14.4. The standard InChI is InChI=1S/C10H20/c1-8(2)10(6,7)9(3,4)5/h1H2,2-7H3. The van der Waals surface area contributed by atoms with Crippen LogP contribution in [0.1, 0.15) is 41.5 Å². The first-order valence-electron chi connectivity index (χ1n) is 3.85. The van der Waals surface area contributed by atoms with Gasteiger partial charge in [-0.15, -0.1) is 0 Å². The highest BCUT2D eigenvalue weighted by molar-refractivity contribution is 5.08. The van der Waals surface area contributed by atoms with Crippen LogP contribution in [0.3, 0.4) is 0 Å². The summed E-state index contributed by atoms with van der Waals surface area (Å²) < 4.78 is 0. The molecule has 0 aromatic carbocycles. The smallest absolute Gasteiger partial charge is 0.0102 e. The molecule has 0 aliphatic heterocycles. The molecule has 0 saturated carbocycles. The van der Waals surface area contributed by atoms with Crippen molar-refractivity contribution in [2.24, 2.45) is 10.8 Å². The summed E-state index contributed by atoms with van der Waals surface area (Å²) in [5.41, 5.74) is 1.83. The third-order valence-electron chi connectivity index (χ3n) is 2.94. The van der Waals surface area contributed by atoms with E-state index in [0.29, 0.717) is 5.41 Å². The third-order valence-corrected chi connectivity index (χ3v) is 2.94. The summed E-state index contributed by atoms with van der Waals surface area (Å²) >= 11 is 0. The third kappa shape index (κ3) is 1.62. The van der Waals surface area contributed by atoms with E-state index >= 15 is 0 Å². The van der Waals surface area contributed by atoms with Crippen LogP contribution in [-0.4, -0.2) is 0 Å². The first kappa shape index (κ1) is 9.74. The summed E-state index contributed by atoms with van der Waals surface area (Å²) in [5, 5.41) is 0. The Kier molecular flexibility index (Phi) is 2.35. The largest absolute Gasteiger partial charge is 0.0996 e. The van der Waals surface area contributed by atoms with Crippen molar-refractivity contribution in [1.82, 2.24) is 0 Å². The molecule has 0 heterocycles. The fourth-order valence-electron chi connectivity index (χ4n) is 0.640. The first-order chi connectivity index (χ1) is 4.19. The second kappa shape index (κ2) is 2.41. The molecule has 0 atom stereocenters. The molecule has 0 unspecified atom stereocenters. The average Bonchev–Trinajstić information content (AvgIpc) is 1.62. The SMILES string of the molecule is C=C(C)C(C)(C)C(C)(C)C. The van der Waals surface area contributed by atoms with Gasteiger partial charge in [-0.2, -0.15) is 0 Å². The first-order valence-corrected chi connectivity index (χ1v) is 3.85. The van der Waals surface area contributed by atoms with Crippen molar-refractivity contribution in [2.75, 3.05) is 0 Å². The Morgan fingerprint density at radius 3 is 1.30 bits per heavy atom. The summed E-state index contributed by atoms with van der Waals surface area (Å²) in [6, 6.07) is 0. The number of hydrogen-bond acceptors (Lipinski definition) is 0. The Labute approximate surface area is 65.3 Å². The Morgan fingerprint density at radius 2 is 1.30 bits per heavy atom. The van der Waals surface area contributed by atoms with E-state index < -0.39 is 0 Å². The topological polar surface area (TPSA) is 0 Å². The molecule has 0 aromatic heterocycles. The quantitative estimate of drug-likeness (QED) is 0.488. The van der Waals surface area contributed by atoms with E-state index in [-0.39, 0.29) is 5.41 Å². The van der Waals surface area contributed by atoms with Crippen LogP contribution in [0.5, 0.6) is 0 Å². The van der Waals surface area contributed by atoms with E-state index in [9.17, 15) is 0 Å². The zero-order chi connectivity index (χ0) is 8.58. The lowest BCUT2D eigenvalue weighted by Crippen LogP contribution is -2.30. The second-order valence-corrected chi connectivity index (χ2v) is 4.66. The van der Waals surface area contributed by atoms with E-state index in [1.807, 2.05) is 0 Å². The van der Waals surface area contributed by atoms with Gasteiger partial charge in [-0.05, 0) is 17.8 Å². The molecule has 0 rings (SSSR count). The molecule has 0 N–H and O–H groups in total. The van der Waals surface area contributed by atoms with Crippen molar-refractivity contribution >= 4 is 0 Å². The molecular formula is C10H20. The molecule has 10 heavy (non-hydrogen) atoms. The highest BCUT2D eigenvalue weighted by Crippen LogP contribution is 2.42. The van der Waals surface area contributed by atoms with Gasteiger partial charge < -0.3 is 0 Å². The predicted molar refractivity (Wildman–Crippen MR) is 48.1 cm³/mol. The number of hydrogen-bond donors (Lipinski definition) is 0. The molecule has 60 valence electrons. The fraction of sp³-hybridized carbons (Fsp3) is 0.800. The van der Waals surface area contributed by atoms with Gasteiger partial charge in [-0.25, -0.2) is 0 Å². The zero-order valence-corrected chi connectivity index (χ0v) is 8.21. The monoisotopic (exact) mass is 140 g/mol. The minimum Gasteiger partial charge on any atom is -0.0996 e. The van der Waals surface area contributed by atoms with E-state index in [1.54, 1.807) is 0 Å². The molecular weight excluding hydrogens is 120 g/mol. The Balaban J connectivity index is 4.57. The second-order valence-electron chi connectivity index (χ2n) is 4.66. The summed E-state index contributed by atoms with van der Waals surface area (Å²) in [6.07, 6.45) is 0. The van der Waals surface area contributed by atoms with E-state index in [2.05, 4.69) is 48.1 Å².